The molecule has 3 aromatic rings. The van der Waals surface area contributed by atoms with Gasteiger partial charge in [0.1, 0.15) is 5.60 Å². The average Bonchev–Trinajstić information content (AvgIpc) is 2.85. The largest absolute Gasteiger partial charge is 0.514 e. The highest BCUT2D eigenvalue weighted by Gasteiger charge is 2.40. The van der Waals surface area contributed by atoms with E-state index in [1.165, 1.54) is 17.2 Å². The van der Waals surface area contributed by atoms with Crippen LogP contribution in [0.2, 0.25) is 18.1 Å². The van der Waals surface area contributed by atoms with Gasteiger partial charge in [0.05, 0.1) is 11.6 Å². The molecule has 0 unspecified atom stereocenters. The summed E-state index contributed by atoms with van der Waals surface area (Å²) in [6.45, 7) is 23.6. The molecule has 8 heteroatoms. The second-order valence-electron chi connectivity index (χ2n) is 14.3. The second kappa shape index (κ2) is 12.7. The number of aromatic nitrogens is 1. The highest BCUT2D eigenvalue weighted by Crippen LogP contribution is 2.41. The molecule has 1 atom stereocenters. The number of carbonyl (C=O) groups is 1. The molecule has 0 saturated heterocycles. The molecule has 42 heavy (non-hydrogen) atoms. The van der Waals surface area contributed by atoms with Gasteiger partial charge in [0.2, 0.25) is 5.56 Å². The fraction of sp³-hybridized carbons (Fsp3) is 0.529. The van der Waals surface area contributed by atoms with E-state index in [1.54, 1.807) is 32.9 Å². The maximum absolute atomic E-state index is 12.5. The van der Waals surface area contributed by atoms with Crippen LogP contribution in [0, 0.1) is 0 Å². The van der Waals surface area contributed by atoms with E-state index in [4.69, 9.17) is 13.9 Å². The van der Waals surface area contributed by atoms with Crippen LogP contribution in [0.3, 0.4) is 0 Å². The molecular formula is C34H50N2O5Si. The van der Waals surface area contributed by atoms with Crippen molar-refractivity contribution in [3.05, 3.63) is 75.6 Å². The van der Waals surface area contributed by atoms with Crippen molar-refractivity contribution in [3.63, 3.8) is 0 Å². The summed E-state index contributed by atoms with van der Waals surface area (Å²) in [6.07, 6.45) is 0.735. The summed E-state index contributed by atoms with van der Waals surface area (Å²) < 4.78 is 18.0. The molecule has 0 amide bonds. The quantitative estimate of drug-likeness (QED) is 0.140. The zero-order chi connectivity index (χ0) is 31.5. The molecule has 0 aliphatic heterocycles. The van der Waals surface area contributed by atoms with Gasteiger partial charge >= 0.3 is 6.16 Å². The van der Waals surface area contributed by atoms with Crippen LogP contribution in [-0.4, -0.2) is 37.1 Å². The van der Waals surface area contributed by atoms with E-state index >= 15 is 0 Å². The third-order valence-corrected chi connectivity index (χ3v) is 12.4. The molecule has 0 aliphatic rings. The van der Waals surface area contributed by atoms with Crippen molar-refractivity contribution in [2.24, 2.45) is 0 Å². The fourth-order valence-corrected chi connectivity index (χ4v) is 5.90. The van der Waals surface area contributed by atoms with Crippen molar-refractivity contribution >= 4 is 25.4 Å². The Morgan fingerprint density at radius 3 is 2.24 bits per heavy atom. The number of carbonyl (C=O) groups excluding carboxylic acids is 1. The molecular weight excluding hydrogens is 544 g/mol. The van der Waals surface area contributed by atoms with Crippen molar-refractivity contribution in [3.8, 4) is 5.75 Å². The Balaban J connectivity index is 2.01. The Hall–Kier alpha value is -2.94. The first-order valence-electron chi connectivity index (χ1n) is 14.9. The molecule has 0 spiro atoms. The van der Waals surface area contributed by atoms with Crippen molar-refractivity contribution in [2.45, 2.75) is 111 Å². The number of pyridine rings is 1. The molecule has 230 valence electrons. The first-order valence-corrected chi connectivity index (χ1v) is 17.8. The van der Waals surface area contributed by atoms with Crippen LogP contribution in [0.4, 0.5) is 4.79 Å². The number of aryl methyl sites for hydroxylation is 1. The van der Waals surface area contributed by atoms with E-state index in [2.05, 4.69) is 89.2 Å². The smallest absolute Gasteiger partial charge is 0.428 e. The first-order chi connectivity index (χ1) is 19.3. The van der Waals surface area contributed by atoms with Crippen LogP contribution in [0.15, 0.2) is 53.3 Å². The molecule has 1 aromatic heterocycles. The highest BCUT2D eigenvalue weighted by molar-refractivity contribution is 6.74. The fourth-order valence-electron chi connectivity index (χ4n) is 4.62. The number of benzene rings is 2. The summed E-state index contributed by atoms with van der Waals surface area (Å²) in [7, 11) is -2.22. The molecule has 2 N–H and O–H groups in total. The Morgan fingerprint density at radius 2 is 1.62 bits per heavy atom. The minimum absolute atomic E-state index is 0.00869. The van der Waals surface area contributed by atoms with E-state index in [1.807, 2.05) is 6.07 Å². The Labute approximate surface area is 252 Å². The molecule has 0 saturated carbocycles. The van der Waals surface area contributed by atoms with Gasteiger partial charge in [-0.15, -0.1) is 0 Å². The van der Waals surface area contributed by atoms with Crippen LogP contribution >= 0.6 is 0 Å². The molecule has 0 aliphatic carbocycles. The molecule has 7 nitrogen and oxygen atoms in total. The zero-order valence-electron chi connectivity index (χ0n) is 27.4. The summed E-state index contributed by atoms with van der Waals surface area (Å²) in [5.74, 6) is 0.232. The lowest BCUT2D eigenvalue weighted by Gasteiger charge is -2.40. The molecule has 0 bridgehead atoms. The molecule has 3 rings (SSSR count). The van der Waals surface area contributed by atoms with Gasteiger partial charge in [0.15, 0.2) is 14.1 Å². The van der Waals surface area contributed by atoms with Crippen LogP contribution in [-0.2, 0) is 22.0 Å². The summed E-state index contributed by atoms with van der Waals surface area (Å²) in [4.78, 5) is 27.8. The van der Waals surface area contributed by atoms with Gasteiger partial charge in [0, 0.05) is 23.5 Å². The number of hydrogen-bond acceptors (Lipinski definition) is 6. The number of ether oxygens (including phenoxy) is 2. The van der Waals surface area contributed by atoms with E-state index in [0.29, 0.717) is 12.1 Å². The maximum Gasteiger partial charge on any atom is 0.514 e. The van der Waals surface area contributed by atoms with E-state index < -0.39 is 20.1 Å². The van der Waals surface area contributed by atoms with Crippen LogP contribution in [0.5, 0.6) is 5.75 Å². The Morgan fingerprint density at radius 1 is 0.952 bits per heavy atom. The summed E-state index contributed by atoms with van der Waals surface area (Å²) >= 11 is 0. The van der Waals surface area contributed by atoms with Gasteiger partial charge in [-0.25, -0.2) is 4.79 Å². The van der Waals surface area contributed by atoms with Gasteiger partial charge in [0.25, 0.3) is 0 Å². The number of aromatic amines is 1. The topological polar surface area (TPSA) is 89.7 Å². The monoisotopic (exact) mass is 594 g/mol. The van der Waals surface area contributed by atoms with E-state index in [9.17, 15) is 9.59 Å². The third-order valence-electron chi connectivity index (χ3n) is 7.88. The standard InChI is InChI=1S/C34H50N2O5Si/c1-12-23-14-13-15-24(20-23)21-34(8,9)35-22-28(41-42(10,11)33(5,6)7)25-16-18-27(39-31(38)40-32(2,3)4)30-26(25)17-19-29(37)36-30/h13-20,28,35H,12,21-22H2,1-11H3,(H,36,37)/t28-/m0/s1. The second-order valence-corrected chi connectivity index (χ2v) is 19.1. The predicted octanol–water partition coefficient (Wildman–Crippen LogP) is 8.08. The number of hydrogen-bond donors (Lipinski definition) is 2. The summed E-state index contributed by atoms with van der Waals surface area (Å²) in [5.41, 5.74) is 2.77. The molecule has 1 heterocycles. The summed E-state index contributed by atoms with van der Waals surface area (Å²) in [6, 6.07) is 15.7. The van der Waals surface area contributed by atoms with Gasteiger partial charge in [-0.3, -0.25) is 4.79 Å². The lowest BCUT2D eigenvalue weighted by atomic mass is 9.93. The molecule has 0 radical (unpaired) electrons. The number of H-pyrrole nitrogens is 1. The lowest BCUT2D eigenvalue weighted by molar-refractivity contribution is 0.0208. The van der Waals surface area contributed by atoms with Crippen molar-refractivity contribution in [1.82, 2.24) is 10.3 Å². The van der Waals surface area contributed by atoms with Crippen molar-refractivity contribution < 1.29 is 18.7 Å². The van der Waals surface area contributed by atoms with Crippen LogP contribution < -0.4 is 15.6 Å². The third kappa shape index (κ3) is 9.03. The van der Waals surface area contributed by atoms with Crippen LogP contribution in [0.25, 0.3) is 10.9 Å². The van der Waals surface area contributed by atoms with Crippen molar-refractivity contribution in [1.29, 1.82) is 0 Å². The van der Waals surface area contributed by atoms with Crippen molar-refractivity contribution in [2.75, 3.05) is 6.54 Å². The van der Waals surface area contributed by atoms with Gasteiger partial charge < -0.3 is 24.2 Å². The maximum atomic E-state index is 12.5. The van der Waals surface area contributed by atoms with Gasteiger partial charge in [-0.2, -0.15) is 0 Å². The van der Waals surface area contributed by atoms with Gasteiger partial charge in [-0.05, 0) is 94.4 Å². The Bertz CT molecular complexity index is 1450. The summed E-state index contributed by atoms with van der Waals surface area (Å²) in [5, 5.41) is 4.54. The Kier molecular flexibility index (Phi) is 10.2. The normalized spacial score (nSPS) is 13.7. The SMILES string of the molecule is CCc1cccc(CC(C)(C)NC[C@H](O[Si](C)(C)C(C)(C)C)c2ccc(OC(=O)OC(C)(C)C)c3[nH]c(=O)ccc23)c1. The highest BCUT2D eigenvalue weighted by atomic mass is 28.4. The molecule has 2 aromatic carbocycles. The minimum atomic E-state index is -2.22. The van der Waals surface area contributed by atoms with E-state index in [-0.39, 0.29) is 28.0 Å². The average molecular weight is 595 g/mol. The molecule has 0 fully saturated rings. The zero-order valence-corrected chi connectivity index (χ0v) is 28.4. The number of fused-ring (bicyclic) bond motifs is 1. The number of nitrogens with one attached hydrogen (secondary N) is 2. The minimum Gasteiger partial charge on any atom is -0.428 e. The van der Waals surface area contributed by atoms with E-state index in [0.717, 1.165) is 23.8 Å². The van der Waals surface area contributed by atoms with Crippen LogP contribution in [0.1, 0.15) is 85.1 Å². The predicted molar refractivity (Wildman–Crippen MR) is 174 cm³/mol. The lowest BCUT2D eigenvalue weighted by Crippen LogP contribution is -2.47. The number of rotatable bonds is 10. The first kappa shape index (κ1) is 33.6. The van der Waals surface area contributed by atoms with Gasteiger partial charge in [-0.1, -0.05) is 58.0 Å².